The lowest BCUT2D eigenvalue weighted by atomic mass is 10.0. The van der Waals surface area contributed by atoms with Gasteiger partial charge in [0.25, 0.3) is 0 Å². The van der Waals surface area contributed by atoms with Gasteiger partial charge < -0.3 is 4.90 Å². The second kappa shape index (κ2) is 4.75. The molecule has 2 rings (SSSR count). The molecule has 0 unspecified atom stereocenters. The minimum absolute atomic E-state index is 0.710. The van der Waals surface area contributed by atoms with E-state index < -0.39 is 0 Å². The first-order valence-corrected chi connectivity index (χ1v) is 6.55. The van der Waals surface area contributed by atoms with Crippen LogP contribution in [0.3, 0.4) is 0 Å². The summed E-state index contributed by atoms with van der Waals surface area (Å²) in [7, 11) is 4.08. The fraction of sp³-hybridized carbons (Fsp3) is 0.727. The molecule has 0 radical (unpaired) electrons. The average Bonchev–Trinajstić information content (AvgIpc) is 2.55. The molecule has 1 saturated heterocycles. The van der Waals surface area contributed by atoms with Gasteiger partial charge in [-0.15, -0.1) is 0 Å². The summed E-state index contributed by atoms with van der Waals surface area (Å²) in [6.07, 6.45) is 3.23. The van der Waals surface area contributed by atoms with E-state index in [0.717, 1.165) is 17.7 Å². The molecule has 0 aromatic carbocycles. The van der Waals surface area contributed by atoms with Crippen LogP contribution in [0.25, 0.3) is 0 Å². The van der Waals surface area contributed by atoms with Crippen molar-refractivity contribution < 1.29 is 0 Å². The minimum atomic E-state index is 0.710. The van der Waals surface area contributed by atoms with Gasteiger partial charge in [-0.05, 0) is 28.9 Å². The first kappa shape index (κ1) is 11.9. The molecule has 1 atom stereocenters. The third kappa shape index (κ3) is 2.11. The Labute approximate surface area is 105 Å². The van der Waals surface area contributed by atoms with Crippen LogP contribution in [-0.4, -0.2) is 47.4 Å². The van der Waals surface area contributed by atoms with Crippen LogP contribution in [0.5, 0.6) is 0 Å². The van der Waals surface area contributed by atoms with Crippen LogP contribution in [0.4, 0.5) is 5.69 Å². The number of likely N-dealkylation sites (N-methyl/N-ethyl adjacent to an activating group) is 2. The summed E-state index contributed by atoms with van der Waals surface area (Å²) in [5, 5.41) is 4.24. The van der Waals surface area contributed by atoms with E-state index in [-0.39, 0.29) is 0 Å². The number of rotatable bonds is 4. The maximum atomic E-state index is 4.24. The van der Waals surface area contributed by atoms with Crippen molar-refractivity contribution in [2.75, 3.05) is 31.6 Å². The monoisotopic (exact) mass is 286 g/mol. The zero-order valence-corrected chi connectivity index (χ0v) is 11.7. The second-order valence-corrected chi connectivity index (χ2v) is 5.15. The molecule has 1 aliphatic heterocycles. The molecule has 0 bridgehead atoms. The van der Waals surface area contributed by atoms with E-state index in [1.807, 2.05) is 17.9 Å². The number of hydrogen-bond donors (Lipinski definition) is 0. The van der Waals surface area contributed by atoms with E-state index in [2.05, 4.69) is 44.8 Å². The standard InChI is InChI=1S/C11H19BrN4/c1-4-16-6-5-9(16)8-14(2)10-7-13-15(3)11(10)12/h7,9H,4-6,8H2,1-3H3/t9-/m1/s1. The lowest BCUT2D eigenvalue weighted by molar-refractivity contribution is 0.103. The quantitative estimate of drug-likeness (QED) is 0.842. The zero-order chi connectivity index (χ0) is 11.7. The molecule has 1 fully saturated rings. The van der Waals surface area contributed by atoms with E-state index in [4.69, 9.17) is 0 Å². The highest BCUT2D eigenvalue weighted by molar-refractivity contribution is 9.10. The van der Waals surface area contributed by atoms with E-state index in [1.165, 1.54) is 18.7 Å². The first-order valence-electron chi connectivity index (χ1n) is 5.76. The third-order valence-corrected chi connectivity index (χ3v) is 4.34. The van der Waals surface area contributed by atoms with Gasteiger partial charge in [-0.3, -0.25) is 9.58 Å². The van der Waals surface area contributed by atoms with E-state index >= 15 is 0 Å². The third-order valence-electron chi connectivity index (χ3n) is 3.42. The Hall–Kier alpha value is -0.550. The summed E-state index contributed by atoms with van der Waals surface area (Å²) in [4.78, 5) is 4.80. The molecule has 2 heterocycles. The predicted octanol–water partition coefficient (Wildman–Crippen LogP) is 1.71. The number of likely N-dealkylation sites (tertiary alicyclic amines) is 1. The predicted molar refractivity (Wildman–Crippen MR) is 69.8 cm³/mol. The molecule has 90 valence electrons. The lowest BCUT2D eigenvalue weighted by Gasteiger charge is -2.42. The average molecular weight is 287 g/mol. The van der Waals surface area contributed by atoms with Crippen molar-refractivity contribution in [3.05, 3.63) is 10.8 Å². The molecule has 1 aromatic rings. The van der Waals surface area contributed by atoms with Crippen LogP contribution in [-0.2, 0) is 7.05 Å². The Kier molecular flexibility index (Phi) is 3.54. The topological polar surface area (TPSA) is 24.3 Å². The fourth-order valence-corrected chi connectivity index (χ4v) is 2.70. The van der Waals surface area contributed by atoms with Crippen molar-refractivity contribution in [2.24, 2.45) is 7.05 Å². The molecular weight excluding hydrogens is 268 g/mol. The molecule has 1 aromatic heterocycles. The number of aromatic nitrogens is 2. The van der Waals surface area contributed by atoms with Gasteiger partial charge in [0.15, 0.2) is 0 Å². The Balaban J connectivity index is 1.98. The van der Waals surface area contributed by atoms with Crippen molar-refractivity contribution in [3.63, 3.8) is 0 Å². The lowest BCUT2D eigenvalue weighted by Crippen LogP contribution is -2.52. The highest BCUT2D eigenvalue weighted by atomic mass is 79.9. The summed E-state index contributed by atoms with van der Waals surface area (Å²) in [6, 6.07) is 0.710. The van der Waals surface area contributed by atoms with Crippen molar-refractivity contribution in [3.8, 4) is 0 Å². The summed E-state index contributed by atoms with van der Waals surface area (Å²) in [5.41, 5.74) is 1.17. The normalized spacial score (nSPS) is 20.9. The molecular formula is C11H19BrN4. The first-order chi connectivity index (χ1) is 7.63. The number of hydrogen-bond acceptors (Lipinski definition) is 3. The molecule has 0 aliphatic carbocycles. The Morgan fingerprint density at radius 3 is 2.81 bits per heavy atom. The van der Waals surface area contributed by atoms with Crippen LogP contribution in [0.1, 0.15) is 13.3 Å². The van der Waals surface area contributed by atoms with Gasteiger partial charge in [0.05, 0.1) is 11.9 Å². The molecule has 0 saturated carbocycles. The maximum Gasteiger partial charge on any atom is 0.127 e. The van der Waals surface area contributed by atoms with E-state index in [0.29, 0.717) is 6.04 Å². The van der Waals surface area contributed by atoms with Gasteiger partial charge in [0.1, 0.15) is 4.60 Å². The Morgan fingerprint density at radius 2 is 2.38 bits per heavy atom. The minimum Gasteiger partial charge on any atom is -0.370 e. The van der Waals surface area contributed by atoms with Crippen molar-refractivity contribution >= 4 is 21.6 Å². The molecule has 4 nitrogen and oxygen atoms in total. The van der Waals surface area contributed by atoms with Gasteiger partial charge in [-0.2, -0.15) is 5.10 Å². The van der Waals surface area contributed by atoms with Crippen LogP contribution in [0.2, 0.25) is 0 Å². The van der Waals surface area contributed by atoms with Gasteiger partial charge in [0, 0.05) is 33.2 Å². The number of aryl methyl sites for hydroxylation is 1. The zero-order valence-electron chi connectivity index (χ0n) is 10.1. The van der Waals surface area contributed by atoms with Crippen LogP contribution in [0.15, 0.2) is 10.8 Å². The second-order valence-electron chi connectivity index (χ2n) is 4.40. The van der Waals surface area contributed by atoms with Crippen LogP contribution >= 0.6 is 15.9 Å². The SMILES string of the molecule is CCN1CC[C@@H]1CN(C)c1cnn(C)c1Br. The molecule has 0 N–H and O–H groups in total. The van der Waals surface area contributed by atoms with Gasteiger partial charge in [-0.1, -0.05) is 6.92 Å². The van der Waals surface area contributed by atoms with Crippen molar-refractivity contribution in [1.82, 2.24) is 14.7 Å². The smallest absolute Gasteiger partial charge is 0.127 e. The summed E-state index contributed by atoms with van der Waals surface area (Å²) < 4.78 is 2.90. The van der Waals surface area contributed by atoms with Gasteiger partial charge >= 0.3 is 0 Å². The molecule has 16 heavy (non-hydrogen) atoms. The molecule has 0 spiro atoms. The van der Waals surface area contributed by atoms with Crippen molar-refractivity contribution in [1.29, 1.82) is 0 Å². The number of anilines is 1. The van der Waals surface area contributed by atoms with E-state index in [1.54, 1.807) is 0 Å². The van der Waals surface area contributed by atoms with Crippen LogP contribution < -0.4 is 4.90 Å². The molecule has 1 aliphatic rings. The number of nitrogens with zero attached hydrogens (tertiary/aromatic N) is 4. The highest BCUT2D eigenvalue weighted by Gasteiger charge is 2.27. The summed E-state index contributed by atoms with van der Waals surface area (Å²) >= 11 is 3.56. The largest absolute Gasteiger partial charge is 0.370 e. The Bertz CT molecular complexity index is 361. The molecule has 0 amide bonds. The van der Waals surface area contributed by atoms with Crippen molar-refractivity contribution in [2.45, 2.75) is 19.4 Å². The Morgan fingerprint density at radius 1 is 1.62 bits per heavy atom. The highest BCUT2D eigenvalue weighted by Crippen LogP contribution is 2.26. The number of halogens is 1. The van der Waals surface area contributed by atoms with Crippen LogP contribution in [0, 0.1) is 0 Å². The van der Waals surface area contributed by atoms with Gasteiger partial charge in [-0.25, -0.2) is 0 Å². The summed E-state index contributed by atoms with van der Waals surface area (Å²) in [6.45, 7) is 5.72. The van der Waals surface area contributed by atoms with E-state index in [9.17, 15) is 0 Å². The fourth-order valence-electron chi connectivity index (χ4n) is 2.20. The summed E-state index contributed by atoms with van der Waals surface area (Å²) in [5.74, 6) is 0. The van der Waals surface area contributed by atoms with Gasteiger partial charge in [0.2, 0.25) is 0 Å². The molecule has 5 heteroatoms. The maximum absolute atomic E-state index is 4.24.